The molecule has 2 aliphatic rings. The van der Waals surface area contributed by atoms with Crippen molar-refractivity contribution < 1.29 is 4.79 Å². The summed E-state index contributed by atoms with van der Waals surface area (Å²) < 4.78 is 0. The summed E-state index contributed by atoms with van der Waals surface area (Å²) in [5.41, 5.74) is 0.132. The zero-order valence-electron chi connectivity index (χ0n) is 12.2. The standard InChI is InChI=1S/C15H28N2O/c1-12(2)16-13-8-7-11-17(14(13)18)15(3)9-5-4-6-10-15/h12-13,16H,4-11H2,1-3H3. The smallest absolute Gasteiger partial charge is 0.240 e. The Hall–Kier alpha value is -0.570. The largest absolute Gasteiger partial charge is 0.336 e. The van der Waals surface area contributed by atoms with Gasteiger partial charge in [0.1, 0.15) is 0 Å². The van der Waals surface area contributed by atoms with Crippen LogP contribution in [-0.4, -0.2) is 35.0 Å². The number of carbonyl (C=O) groups is 1. The van der Waals surface area contributed by atoms with Crippen molar-refractivity contribution in [2.45, 2.75) is 83.3 Å². The second kappa shape index (κ2) is 5.60. The van der Waals surface area contributed by atoms with Crippen LogP contribution < -0.4 is 5.32 Å². The van der Waals surface area contributed by atoms with Crippen LogP contribution in [0.3, 0.4) is 0 Å². The molecule has 1 amide bonds. The first kappa shape index (κ1) is 13.9. The molecule has 2 rings (SSSR count). The number of hydrogen-bond donors (Lipinski definition) is 1. The third-order valence-corrected chi connectivity index (χ3v) is 4.56. The molecule has 1 saturated heterocycles. The zero-order valence-corrected chi connectivity index (χ0v) is 12.2. The molecule has 1 saturated carbocycles. The van der Waals surface area contributed by atoms with Gasteiger partial charge in [-0.3, -0.25) is 4.79 Å². The Balaban J connectivity index is 2.05. The lowest BCUT2D eigenvalue weighted by Gasteiger charge is -2.48. The molecule has 1 atom stereocenters. The van der Waals surface area contributed by atoms with E-state index in [1.807, 2.05) is 0 Å². The molecule has 0 radical (unpaired) electrons. The Morgan fingerprint density at radius 2 is 1.89 bits per heavy atom. The molecule has 2 fully saturated rings. The van der Waals surface area contributed by atoms with Gasteiger partial charge in [0.15, 0.2) is 0 Å². The highest BCUT2D eigenvalue weighted by Crippen LogP contribution is 2.35. The van der Waals surface area contributed by atoms with Crippen LogP contribution in [0.1, 0.15) is 65.7 Å². The fraction of sp³-hybridized carbons (Fsp3) is 0.933. The molecule has 0 bridgehead atoms. The summed E-state index contributed by atoms with van der Waals surface area (Å²) in [5, 5.41) is 3.43. The second-order valence-electron chi connectivity index (χ2n) is 6.56. The number of rotatable bonds is 3. The zero-order chi connectivity index (χ0) is 13.2. The maximum absolute atomic E-state index is 12.6. The van der Waals surface area contributed by atoms with Gasteiger partial charge >= 0.3 is 0 Å². The Labute approximate surface area is 111 Å². The molecule has 0 aromatic carbocycles. The summed E-state index contributed by atoms with van der Waals surface area (Å²) in [7, 11) is 0. The van der Waals surface area contributed by atoms with Gasteiger partial charge in [-0.05, 0) is 32.6 Å². The van der Waals surface area contributed by atoms with E-state index in [1.165, 1.54) is 32.1 Å². The molecule has 3 nitrogen and oxygen atoms in total. The van der Waals surface area contributed by atoms with Gasteiger partial charge in [-0.15, -0.1) is 0 Å². The van der Waals surface area contributed by atoms with Gasteiger partial charge in [-0.2, -0.15) is 0 Å². The summed E-state index contributed by atoms with van der Waals surface area (Å²) in [5.74, 6) is 0.347. The fourth-order valence-electron chi connectivity index (χ4n) is 3.55. The molecule has 1 N–H and O–H groups in total. The van der Waals surface area contributed by atoms with Crippen LogP contribution in [0.5, 0.6) is 0 Å². The average molecular weight is 252 g/mol. The summed E-state index contributed by atoms with van der Waals surface area (Å²) in [6, 6.07) is 0.440. The number of amides is 1. The van der Waals surface area contributed by atoms with E-state index in [0.29, 0.717) is 11.9 Å². The van der Waals surface area contributed by atoms with Crippen molar-refractivity contribution >= 4 is 5.91 Å². The van der Waals surface area contributed by atoms with Crippen LogP contribution in [-0.2, 0) is 4.79 Å². The van der Waals surface area contributed by atoms with Crippen LogP contribution in [0.4, 0.5) is 0 Å². The molecule has 104 valence electrons. The van der Waals surface area contributed by atoms with E-state index in [-0.39, 0.29) is 11.6 Å². The predicted octanol–water partition coefficient (Wildman–Crippen LogP) is 2.70. The molecule has 3 heteroatoms. The first-order chi connectivity index (χ1) is 8.53. The lowest BCUT2D eigenvalue weighted by Crippen LogP contribution is -2.60. The second-order valence-corrected chi connectivity index (χ2v) is 6.56. The van der Waals surface area contributed by atoms with E-state index in [2.05, 4.69) is 31.0 Å². The highest BCUT2D eigenvalue weighted by Gasteiger charge is 2.40. The summed E-state index contributed by atoms with van der Waals surface area (Å²) in [6.07, 6.45) is 8.42. The molecule has 0 spiro atoms. The Bertz CT molecular complexity index is 295. The monoisotopic (exact) mass is 252 g/mol. The van der Waals surface area contributed by atoms with Crippen LogP contribution >= 0.6 is 0 Å². The van der Waals surface area contributed by atoms with Crippen molar-refractivity contribution in [2.75, 3.05) is 6.54 Å². The van der Waals surface area contributed by atoms with E-state index in [1.54, 1.807) is 0 Å². The minimum absolute atomic E-state index is 0.0532. The molecule has 1 unspecified atom stereocenters. The van der Waals surface area contributed by atoms with Crippen LogP contribution in [0, 0.1) is 0 Å². The normalized spacial score (nSPS) is 28.8. The predicted molar refractivity (Wildman–Crippen MR) is 74.5 cm³/mol. The highest BCUT2D eigenvalue weighted by atomic mass is 16.2. The van der Waals surface area contributed by atoms with Crippen LogP contribution in [0.15, 0.2) is 0 Å². The molecule has 1 aliphatic heterocycles. The van der Waals surface area contributed by atoms with Gasteiger partial charge in [0.2, 0.25) is 5.91 Å². The van der Waals surface area contributed by atoms with Crippen LogP contribution in [0.25, 0.3) is 0 Å². The number of carbonyl (C=O) groups excluding carboxylic acids is 1. The van der Waals surface area contributed by atoms with Crippen molar-refractivity contribution in [3.05, 3.63) is 0 Å². The Kier molecular flexibility index (Phi) is 4.31. The highest BCUT2D eigenvalue weighted by molar-refractivity contribution is 5.83. The Morgan fingerprint density at radius 3 is 2.50 bits per heavy atom. The summed E-state index contributed by atoms with van der Waals surface area (Å²) in [4.78, 5) is 14.8. The van der Waals surface area contributed by atoms with Crippen molar-refractivity contribution in [3.63, 3.8) is 0 Å². The number of piperidine rings is 1. The minimum atomic E-state index is 0.0532. The first-order valence-corrected chi connectivity index (χ1v) is 7.60. The van der Waals surface area contributed by atoms with Crippen molar-refractivity contribution in [3.8, 4) is 0 Å². The number of likely N-dealkylation sites (tertiary alicyclic amines) is 1. The molecule has 18 heavy (non-hydrogen) atoms. The fourth-order valence-corrected chi connectivity index (χ4v) is 3.55. The van der Waals surface area contributed by atoms with Gasteiger partial charge in [0.05, 0.1) is 6.04 Å². The molecule has 1 heterocycles. The van der Waals surface area contributed by atoms with E-state index < -0.39 is 0 Å². The number of nitrogens with zero attached hydrogens (tertiary/aromatic N) is 1. The van der Waals surface area contributed by atoms with E-state index in [9.17, 15) is 4.79 Å². The summed E-state index contributed by atoms with van der Waals surface area (Å²) in [6.45, 7) is 7.50. The maximum atomic E-state index is 12.6. The molecular formula is C15H28N2O. The van der Waals surface area contributed by atoms with E-state index >= 15 is 0 Å². The van der Waals surface area contributed by atoms with Gasteiger partial charge in [-0.1, -0.05) is 33.1 Å². The maximum Gasteiger partial charge on any atom is 0.240 e. The molecular weight excluding hydrogens is 224 g/mol. The number of hydrogen-bond acceptors (Lipinski definition) is 2. The minimum Gasteiger partial charge on any atom is -0.336 e. The molecule has 1 aliphatic carbocycles. The molecule has 0 aromatic heterocycles. The summed E-state index contributed by atoms with van der Waals surface area (Å²) >= 11 is 0. The van der Waals surface area contributed by atoms with Crippen molar-refractivity contribution in [1.29, 1.82) is 0 Å². The average Bonchev–Trinajstić information content (AvgIpc) is 2.32. The van der Waals surface area contributed by atoms with Crippen molar-refractivity contribution in [2.24, 2.45) is 0 Å². The van der Waals surface area contributed by atoms with Gasteiger partial charge in [0.25, 0.3) is 0 Å². The van der Waals surface area contributed by atoms with Gasteiger partial charge < -0.3 is 10.2 Å². The quantitative estimate of drug-likeness (QED) is 0.837. The topological polar surface area (TPSA) is 32.3 Å². The van der Waals surface area contributed by atoms with Gasteiger partial charge in [0, 0.05) is 18.1 Å². The van der Waals surface area contributed by atoms with E-state index in [4.69, 9.17) is 0 Å². The van der Waals surface area contributed by atoms with E-state index in [0.717, 1.165) is 19.4 Å². The third-order valence-electron chi connectivity index (χ3n) is 4.56. The SMILES string of the molecule is CC(C)NC1CCCN(C2(C)CCCCC2)C1=O. The third kappa shape index (κ3) is 2.87. The number of nitrogens with one attached hydrogen (secondary N) is 1. The lowest BCUT2D eigenvalue weighted by atomic mass is 9.80. The first-order valence-electron chi connectivity index (χ1n) is 7.60. The van der Waals surface area contributed by atoms with Gasteiger partial charge in [-0.25, -0.2) is 0 Å². The molecule has 0 aromatic rings. The Morgan fingerprint density at radius 1 is 1.22 bits per heavy atom. The van der Waals surface area contributed by atoms with Crippen molar-refractivity contribution in [1.82, 2.24) is 10.2 Å². The lowest BCUT2D eigenvalue weighted by molar-refractivity contribution is -0.144. The van der Waals surface area contributed by atoms with Crippen LogP contribution in [0.2, 0.25) is 0 Å².